The highest BCUT2D eigenvalue weighted by molar-refractivity contribution is 6.70. The van der Waals surface area contributed by atoms with Crippen LogP contribution in [0.25, 0.3) is 0 Å². The van der Waals surface area contributed by atoms with Crippen molar-refractivity contribution in [3.63, 3.8) is 0 Å². The second-order valence-corrected chi connectivity index (χ2v) is 13.6. The molecule has 3 rings (SSSR count). The van der Waals surface area contributed by atoms with Gasteiger partial charge in [-0.3, -0.25) is 0 Å². The average molecular weight is 455 g/mol. The van der Waals surface area contributed by atoms with E-state index in [0.717, 1.165) is 50.5 Å². The van der Waals surface area contributed by atoms with Crippen molar-refractivity contribution >= 4 is 8.56 Å². The van der Waals surface area contributed by atoms with E-state index >= 15 is 0 Å². The van der Waals surface area contributed by atoms with Crippen LogP contribution in [0.2, 0.25) is 6.04 Å². The van der Waals surface area contributed by atoms with Gasteiger partial charge < -0.3 is 13.6 Å². The second kappa shape index (κ2) is 15.1. The molecule has 0 bridgehead atoms. The summed E-state index contributed by atoms with van der Waals surface area (Å²) in [6.07, 6.45) is 23.0. The Morgan fingerprint density at radius 2 is 1.10 bits per heavy atom. The number of ether oxygens (including phenoxy) is 1. The van der Waals surface area contributed by atoms with E-state index in [2.05, 4.69) is 27.7 Å². The van der Waals surface area contributed by atoms with Crippen LogP contribution in [0, 0.1) is 11.8 Å². The first-order valence-corrected chi connectivity index (χ1v) is 16.1. The maximum absolute atomic E-state index is 6.16. The fraction of sp³-hybridized carbons (Fsp3) is 1.00. The van der Waals surface area contributed by atoms with E-state index in [1.807, 2.05) is 0 Å². The Morgan fingerprint density at radius 3 is 1.48 bits per heavy atom. The van der Waals surface area contributed by atoms with E-state index < -0.39 is 8.56 Å². The third kappa shape index (κ3) is 7.83. The maximum Gasteiger partial charge on any atom is 0.371 e. The first-order valence-electron chi connectivity index (χ1n) is 14.1. The second-order valence-electron chi connectivity index (χ2n) is 10.1. The van der Waals surface area contributed by atoms with Gasteiger partial charge in [-0.25, -0.2) is 0 Å². The predicted molar refractivity (Wildman–Crippen MR) is 135 cm³/mol. The molecule has 3 nitrogen and oxygen atoms in total. The summed E-state index contributed by atoms with van der Waals surface area (Å²) in [4.78, 5) is 0. The lowest BCUT2D eigenvalue weighted by Gasteiger charge is -2.49. The lowest BCUT2D eigenvalue weighted by molar-refractivity contribution is -0.0426. The van der Waals surface area contributed by atoms with E-state index in [0.29, 0.717) is 0 Å². The van der Waals surface area contributed by atoms with E-state index in [1.54, 1.807) is 25.7 Å². The quantitative estimate of drug-likeness (QED) is 0.272. The highest BCUT2D eigenvalue weighted by atomic mass is 28.4. The lowest BCUT2D eigenvalue weighted by Crippen LogP contribution is -2.65. The molecule has 2 aliphatic carbocycles. The summed E-state index contributed by atoms with van der Waals surface area (Å²) in [5, 5.41) is -0.119. The minimum Gasteiger partial charge on any atom is -0.393 e. The van der Waals surface area contributed by atoms with Gasteiger partial charge in [0.1, 0.15) is 5.22 Å². The molecule has 1 aliphatic heterocycles. The smallest absolute Gasteiger partial charge is 0.371 e. The average Bonchev–Trinajstić information content (AvgIpc) is 3.22. The summed E-state index contributed by atoms with van der Waals surface area (Å²) in [6, 6.07) is 1.09. The summed E-state index contributed by atoms with van der Waals surface area (Å²) in [5.74, 6) is 2.24. The van der Waals surface area contributed by atoms with Crippen molar-refractivity contribution in [1.82, 2.24) is 0 Å². The Kier molecular flexibility index (Phi) is 13.3. The monoisotopic (exact) mass is 454 g/mol. The minimum atomic E-state index is -2.21. The summed E-state index contributed by atoms with van der Waals surface area (Å²) >= 11 is 0. The van der Waals surface area contributed by atoms with Gasteiger partial charge in [-0.05, 0) is 51.5 Å². The molecule has 2 saturated carbocycles. The van der Waals surface area contributed by atoms with Gasteiger partial charge in [-0.2, -0.15) is 0 Å². The van der Waals surface area contributed by atoms with Crippen molar-refractivity contribution in [3.8, 4) is 0 Å². The van der Waals surface area contributed by atoms with Crippen molar-refractivity contribution in [3.05, 3.63) is 0 Å². The van der Waals surface area contributed by atoms with Crippen molar-refractivity contribution in [2.24, 2.45) is 11.8 Å². The van der Waals surface area contributed by atoms with E-state index in [1.165, 1.54) is 64.2 Å². The number of rotatable bonds is 8. The molecule has 4 heteroatoms. The fourth-order valence-electron chi connectivity index (χ4n) is 6.67. The molecule has 0 radical (unpaired) electrons. The Hall–Kier alpha value is 0.0969. The largest absolute Gasteiger partial charge is 0.393 e. The molecule has 3 fully saturated rings. The Balaban J connectivity index is 0.000000224. The predicted octanol–water partition coefficient (Wildman–Crippen LogP) is 8.34. The molecule has 1 unspecified atom stereocenters. The zero-order valence-electron chi connectivity index (χ0n) is 21.5. The number of hydrogen-bond donors (Lipinski definition) is 0. The zero-order chi connectivity index (χ0) is 22.4. The van der Waals surface area contributed by atoms with Crippen LogP contribution in [0.1, 0.15) is 130 Å². The molecule has 184 valence electrons. The Labute approximate surface area is 195 Å². The summed E-state index contributed by atoms with van der Waals surface area (Å²) in [7, 11) is -2.21. The molecule has 1 heterocycles. The maximum atomic E-state index is 6.16. The van der Waals surface area contributed by atoms with E-state index in [4.69, 9.17) is 13.6 Å². The molecule has 0 amide bonds. The van der Waals surface area contributed by atoms with Crippen LogP contribution in [-0.2, 0) is 13.6 Å². The standard InChI is InChI=1S/C14H26.C13H28O3Si/c1-2-6-10-13(9-5-1)14-11-7-3-4-8-12-14;1-5-13(14-6-2)11-9-10-12-17(13,15-7-3)16-8-4/h13-14H,1-12H2;5-12H2,1-4H3. The molecule has 0 N–H and O–H groups in total. The molecular weight excluding hydrogens is 400 g/mol. The molecular formula is C27H54O3Si. The number of hydrogen-bond acceptors (Lipinski definition) is 3. The molecule has 0 aromatic rings. The summed E-state index contributed by atoms with van der Waals surface area (Å²) in [5.41, 5.74) is 0. The normalized spacial score (nSPS) is 28.3. The van der Waals surface area contributed by atoms with Crippen LogP contribution < -0.4 is 0 Å². The van der Waals surface area contributed by atoms with Crippen molar-refractivity contribution in [2.75, 3.05) is 19.8 Å². The van der Waals surface area contributed by atoms with Crippen molar-refractivity contribution in [2.45, 2.75) is 142 Å². The van der Waals surface area contributed by atoms with Crippen LogP contribution in [0.5, 0.6) is 0 Å². The van der Waals surface area contributed by atoms with Crippen molar-refractivity contribution < 1.29 is 13.6 Å². The van der Waals surface area contributed by atoms with Gasteiger partial charge in [0.25, 0.3) is 0 Å². The zero-order valence-corrected chi connectivity index (χ0v) is 22.5. The Morgan fingerprint density at radius 1 is 0.613 bits per heavy atom. The molecule has 0 aromatic heterocycles. The van der Waals surface area contributed by atoms with Crippen LogP contribution >= 0.6 is 0 Å². The third-order valence-corrected chi connectivity index (χ3v) is 12.9. The Bertz CT molecular complexity index is 408. The van der Waals surface area contributed by atoms with Gasteiger partial charge in [0.2, 0.25) is 0 Å². The first kappa shape index (κ1) is 27.3. The third-order valence-electron chi connectivity index (χ3n) is 8.24. The molecule has 0 aromatic carbocycles. The van der Waals surface area contributed by atoms with Crippen LogP contribution in [0.15, 0.2) is 0 Å². The topological polar surface area (TPSA) is 27.7 Å². The highest BCUT2D eigenvalue weighted by Gasteiger charge is 2.58. The van der Waals surface area contributed by atoms with Gasteiger partial charge in [0.05, 0.1) is 0 Å². The van der Waals surface area contributed by atoms with E-state index in [9.17, 15) is 0 Å². The molecule has 3 aliphatic rings. The van der Waals surface area contributed by atoms with Gasteiger partial charge in [0, 0.05) is 19.8 Å². The van der Waals surface area contributed by atoms with Crippen LogP contribution in [-0.4, -0.2) is 33.6 Å². The first-order chi connectivity index (χ1) is 15.2. The van der Waals surface area contributed by atoms with Gasteiger partial charge >= 0.3 is 8.56 Å². The van der Waals surface area contributed by atoms with Gasteiger partial charge in [0.15, 0.2) is 0 Å². The van der Waals surface area contributed by atoms with Gasteiger partial charge in [-0.1, -0.05) is 96.8 Å². The lowest BCUT2D eigenvalue weighted by atomic mass is 9.81. The van der Waals surface area contributed by atoms with Gasteiger partial charge in [-0.15, -0.1) is 0 Å². The minimum absolute atomic E-state index is 0.119. The SMILES string of the molecule is C1CCCC(C2CCCCCC2)CC1.CCOC1(CC)CCCC[Si]1(OCC)OCC. The van der Waals surface area contributed by atoms with Crippen LogP contribution in [0.3, 0.4) is 0 Å². The summed E-state index contributed by atoms with van der Waals surface area (Å²) in [6.45, 7) is 10.6. The fourth-order valence-corrected chi connectivity index (χ4v) is 11.1. The molecule has 1 saturated heterocycles. The highest BCUT2D eigenvalue weighted by Crippen LogP contribution is 2.43. The van der Waals surface area contributed by atoms with Crippen molar-refractivity contribution in [1.29, 1.82) is 0 Å². The van der Waals surface area contributed by atoms with Crippen LogP contribution in [0.4, 0.5) is 0 Å². The molecule has 1 atom stereocenters. The molecule has 0 spiro atoms. The van der Waals surface area contributed by atoms with E-state index in [-0.39, 0.29) is 5.22 Å². The molecule has 31 heavy (non-hydrogen) atoms. The summed E-state index contributed by atoms with van der Waals surface area (Å²) < 4.78 is 18.5.